The number of aryl methyl sites for hydroxylation is 1. The summed E-state index contributed by atoms with van der Waals surface area (Å²) in [6, 6.07) is 17.6. The van der Waals surface area contributed by atoms with Crippen molar-refractivity contribution in [3.63, 3.8) is 0 Å². The Morgan fingerprint density at radius 1 is 0.895 bits per heavy atom. The smallest absolute Gasteiger partial charge is 0.0211 e. The van der Waals surface area contributed by atoms with E-state index in [4.69, 9.17) is 0 Å². The minimum absolute atomic E-state index is 0.944. The Morgan fingerprint density at radius 2 is 1.63 bits per heavy atom. The summed E-state index contributed by atoms with van der Waals surface area (Å²) in [6.07, 6.45) is 2.27. The molecule has 2 aromatic carbocycles. The molecule has 1 N–H and O–H groups in total. The first-order valence-electron chi connectivity index (χ1n) is 7.23. The maximum atomic E-state index is 3.48. The van der Waals surface area contributed by atoms with Crippen LogP contribution in [0.5, 0.6) is 0 Å². The molecule has 0 fully saturated rings. The largest absolute Gasteiger partial charge is 0.313 e. The lowest BCUT2D eigenvalue weighted by Crippen LogP contribution is -2.14. The number of nitrogens with one attached hydrogen (secondary N) is 1. The quantitative estimate of drug-likeness (QED) is 0.752. The van der Waals surface area contributed by atoms with Crippen LogP contribution in [0.15, 0.2) is 48.5 Å². The fourth-order valence-electron chi connectivity index (χ4n) is 2.28. The summed E-state index contributed by atoms with van der Waals surface area (Å²) < 4.78 is 0. The van der Waals surface area contributed by atoms with Crippen LogP contribution >= 0.6 is 0 Å². The van der Waals surface area contributed by atoms with Gasteiger partial charge >= 0.3 is 0 Å². The molecule has 100 valence electrons. The van der Waals surface area contributed by atoms with Crippen molar-refractivity contribution in [3.8, 4) is 11.1 Å². The van der Waals surface area contributed by atoms with Gasteiger partial charge in [0, 0.05) is 6.54 Å². The lowest BCUT2D eigenvalue weighted by Gasteiger charge is -2.11. The van der Waals surface area contributed by atoms with Crippen LogP contribution in [0.2, 0.25) is 0 Å². The Morgan fingerprint density at radius 3 is 2.32 bits per heavy atom. The lowest BCUT2D eigenvalue weighted by atomic mass is 9.98. The van der Waals surface area contributed by atoms with Gasteiger partial charge in [-0.3, -0.25) is 0 Å². The van der Waals surface area contributed by atoms with Crippen molar-refractivity contribution in [2.45, 2.75) is 33.2 Å². The van der Waals surface area contributed by atoms with Crippen molar-refractivity contribution >= 4 is 0 Å². The summed E-state index contributed by atoms with van der Waals surface area (Å²) in [7, 11) is 0. The van der Waals surface area contributed by atoms with Crippen LogP contribution in [0.1, 0.15) is 31.4 Å². The van der Waals surface area contributed by atoms with E-state index < -0.39 is 0 Å². The number of benzene rings is 2. The fourth-order valence-corrected chi connectivity index (χ4v) is 2.28. The Hall–Kier alpha value is -1.60. The molecule has 0 unspecified atom stereocenters. The van der Waals surface area contributed by atoms with Crippen LogP contribution in [-0.4, -0.2) is 6.54 Å². The van der Waals surface area contributed by atoms with Crippen molar-refractivity contribution in [2.75, 3.05) is 6.54 Å². The summed E-state index contributed by atoms with van der Waals surface area (Å²) in [4.78, 5) is 0. The molecule has 0 atom stereocenters. The van der Waals surface area contributed by atoms with Crippen molar-refractivity contribution in [1.29, 1.82) is 0 Å². The number of hydrogen-bond donors (Lipinski definition) is 1. The lowest BCUT2D eigenvalue weighted by molar-refractivity contribution is 0.676. The molecule has 1 heteroatoms. The molecule has 2 rings (SSSR count). The third-order valence-corrected chi connectivity index (χ3v) is 3.43. The molecule has 0 saturated heterocycles. The maximum absolute atomic E-state index is 3.48. The van der Waals surface area contributed by atoms with Gasteiger partial charge in [0.25, 0.3) is 0 Å². The highest BCUT2D eigenvalue weighted by molar-refractivity contribution is 5.67. The van der Waals surface area contributed by atoms with E-state index in [0.29, 0.717) is 0 Å². The molecule has 0 aliphatic heterocycles. The maximum Gasteiger partial charge on any atom is 0.0211 e. The molecule has 0 aliphatic rings. The van der Waals surface area contributed by atoms with E-state index in [-0.39, 0.29) is 0 Å². The van der Waals surface area contributed by atoms with Crippen LogP contribution in [-0.2, 0) is 13.0 Å². The standard InChI is InChI=1S/C18H23N/c1-3-13-19-14-17-7-5-6-8-18(17)16-11-9-15(4-2)10-12-16/h5-12,19H,3-4,13-14H2,1-2H3. The molecule has 0 heterocycles. The van der Waals surface area contributed by atoms with E-state index in [1.807, 2.05) is 0 Å². The molecule has 0 radical (unpaired) electrons. The topological polar surface area (TPSA) is 12.0 Å². The van der Waals surface area contributed by atoms with Gasteiger partial charge in [-0.15, -0.1) is 0 Å². The van der Waals surface area contributed by atoms with Gasteiger partial charge in [-0.05, 0) is 41.6 Å². The summed E-state index contributed by atoms with van der Waals surface area (Å²) in [5, 5.41) is 3.48. The third kappa shape index (κ3) is 3.68. The van der Waals surface area contributed by atoms with Crippen LogP contribution in [0, 0.1) is 0 Å². The predicted molar refractivity (Wildman–Crippen MR) is 83.3 cm³/mol. The second kappa shape index (κ2) is 7.10. The second-order valence-electron chi connectivity index (χ2n) is 4.88. The van der Waals surface area contributed by atoms with Crippen molar-refractivity contribution in [2.24, 2.45) is 0 Å². The van der Waals surface area contributed by atoms with Gasteiger partial charge in [-0.1, -0.05) is 62.4 Å². The molecule has 2 aromatic rings. The Labute approximate surface area is 116 Å². The molecule has 0 amide bonds. The summed E-state index contributed by atoms with van der Waals surface area (Å²) >= 11 is 0. The van der Waals surface area contributed by atoms with Gasteiger partial charge in [-0.25, -0.2) is 0 Å². The van der Waals surface area contributed by atoms with Crippen LogP contribution in [0.4, 0.5) is 0 Å². The highest BCUT2D eigenvalue weighted by Gasteiger charge is 2.03. The summed E-state index contributed by atoms with van der Waals surface area (Å²) in [6.45, 7) is 6.41. The zero-order chi connectivity index (χ0) is 13.5. The highest BCUT2D eigenvalue weighted by Crippen LogP contribution is 2.24. The number of hydrogen-bond acceptors (Lipinski definition) is 1. The average Bonchev–Trinajstić information content (AvgIpc) is 2.48. The van der Waals surface area contributed by atoms with Gasteiger partial charge < -0.3 is 5.32 Å². The summed E-state index contributed by atoms with van der Waals surface area (Å²) in [5.74, 6) is 0. The van der Waals surface area contributed by atoms with Gasteiger partial charge in [0.15, 0.2) is 0 Å². The minimum atomic E-state index is 0.944. The summed E-state index contributed by atoms with van der Waals surface area (Å²) in [5.41, 5.74) is 5.42. The zero-order valence-corrected chi connectivity index (χ0v) is 11.9. The monoisotopic (exact) mass is 253 g/mol. The second-order valence-corrected chi connectivity index (χ2v) is 4.88. The SMILES string of the molecule is CCCNCc1ccccc1-c1ccc(CC)cc1. The van der Waals surface area contributed by atoms with Crippen molar-refractivity contribution < 1.29 is 0 Å². The predicted octanol–water partition coefficient (Wildman–Crippen LogP) is 4.42. The van der Waals surface area contributed by atoms with Crippen molar-refractivity contribution in [3.05, 3.63) is 59.7 Å². The number of rotatable bonds is 6. The van der Waals surface area contributed by atoms with Crippen molar-refractivity contribution in [1.82, 2.24) is 5.32 Å². The van der Waals surface area contributed by atoms with E-state index in [1.54, 1.807) is 0 Å². The molecule has 0 aromatic heterocycles. The molecule has 0 bridgehead atoms. The van der Waals surface area contributed by atoms with E-state index in [9.17, 15) is 0 Å². The Bertz CT molecular complexity index is 499. The highest BCUT2D eigenvalue weighted by atomic mass is 14.8. The van der Waals surface area contributed by atoms with Crippen LogP contribution in [0.3, 0.4) is 0 Å². The van der Waals surface area contributed by atoms with Gasteiger partial charge in [0.05, 0.1) is 0 Å². The van der Waals surface area contributed by atoms with Gasteiger partial charge in [0.1, 0.15) is 0 Å². The zero-order valence-electron chi connectivity index (χ0n) is 11.9. The molecule has 1 nitrogen and oxygen atoms in total. The van der Waals surface area contributed by atoms with E-state index in [0.717, 1.165) is 19.5 Å². The first-order valence-corrected chi connectivity index (χ1v) is 7.23. The normalized spacial score (nSPS) is 10.6. The molecular weight excluding hydrogens is 230 g/mol. The third-order valence-electron chi connectivity index (χ3n) is 3.43. The van der Waals surface area contributed by atoms with E-state index >= 15 is 0 Å². The molecule has 0 saturated carbocycles. The van der Waals surface area contributed by atoms with E-state index in [1.165, 1.54) is 28.7 Å². The Kier molecular flexibility index (Phi) is 5.17. The Balaban J connectivity index is 2.22. The van der Waals surface area contributed by atoms with Gasteiger partial charge in [-0.2, -0.15) is 0 Å². The molecular formula is C18H23N. The van der Waals surface area contributed by atoms with E-state index in [2.05, 4.69) is 67.7 Å². The first-order chi connectivity index (χ1) is 9.35. The molecule has 0 spiro atoms. The van der Waals surface area contributed by atoms with Crippen LogP contribution < -0.4 is 5.32 Å². The fraction of sp³-hybridized carbons (Fsp3) is 0.333. The minimum Gasteiger partial charge on any atom is -0.313 e. The first kappa shape index (κ1) is 13.8. The average molecular weight is 253 g/mol. The molecule has 19 heavy (non-hydrogen) atoms. The van der Waals surface area contributed by atoms with Crippen LogP contribution in [0.25, 0.3) is 11.1 Å². The molecule has 0 aliphatic carbocycles. The van der Waals surface area contributed by atoms with Gasteiger partial charge in [0.2, 0.25) is 0 Å².